The minimum absolute atomic E-state index is 0.0264. The number of piperazine rings is 1. The second-order valence-electron chi connectivity index (χ2n) is 9.70. The summed E-state index contributed by atoms with van der Waals surface area (Å²) in [7, 11) is 4.06. The van der Waals surface area contributed by atoms with Gasteiger partial charge in [0.2, 0.25) is 5.95 Å². The van der Waals surface area contributed by atoms with Crippen LogP contribution in [0.3, 0.4) is 0 Å². The first kappa shape index (κ1) is 22.4. The molecule has 0 bridgehead atoms. The lowest BCUT2D eigenvalue weighted by Gasteiger charge is -2.33. The molecule has 2 fully saturated rings. The average Bonchev–Trinajstić information content (AvgIpc) is 3.19. The fourth-order valence-corrected chi connectivity index (χ4v) is 4.19. The summed E-state index contributed by atoms with van der Waals surface area (Å²) in [6.45, 7) is 11.0. The molecule has 1 amide bonds. The third-order valence-corrected chi connectivity index (χ3v) is 5.95. The van der Waals surface area contributed by atoms with E-state index < -0.39 is 5.60 Å². The van der Waals surface area contributed by atoms with E-state index in [4.69, 9.17) is 14.7 Å². The number of fused-ring (bicyclic) bond motifs is 1. The number of hydrogen-bond donors (Lipinski definition) is 2. The van der Waals surface area contributed by atoms with Gasteiger partial charge in [0.05, 0.1) is 11.6 Å². The molecule has 2 saturated heterocycles. The van der Waals surface area contributed by atoms with Gasteiger partial charge in [0.15, 0.2) is 0 Å². The maximum absolute atomic E-state index is 12.2. The predicted molar refractivity (Wildman–Crippen MR) is 129 cm³/mol. The number of carbonyl (C=O) groups is 1. The number of alkyl carbamates (subject to hydrolysis) is 1. The number of nitrogens with one attached hydrogen (secondary N) is 2. The van der Waals surface area contributed by atoms with Crippen LogP contribution in [0, 0.1) is 0 Å². The number of hydrogen-bond acceptors (Lipinski definition) is 8. The molecule has 0 unspecified atom stereocenters. The van der Waals surface area contributed by atoms with E-state index in [1.54, 1.807) is 0 Å². The Morgan fingerprint density at radius 2 is 1.84 bits per heavy atom. The van der Waals surface area contributed by atoms with E-state index in [0.29, 0.717) is 6.54 Å². The van der Waals surface area contributed by atoms with Crippen LogP contribution in [-0.4, -0.2) is 86.0 Å². The zero-order chi connectivity index (χ0) is 22.9. The topological polar surface area (TPSA) is 85.9 Å². The van der Waals surface area contributed by atoms with Crippen LogP contribution >= 0.6 is 0 Å². The SMILES string of the molecule is CNc1ccc2c(N3CC[C@@H](NC(=O)OC(C)(C)C)C3)nc(N3CCN(C)CC3)nc2c1. The van der Waals surface area contributed by atoms with Crippen molar-refractivity contribution in [1.82, 2.24) is 20.2 Å². The summed E-state index contributed by atoms with van der Waals surface area (Å²) in [6.07, 6.45) is 0.483. The molecule has 2 N–H and O–H groups in total. The number of benzene rings is 1. The smallest absolute Gasteiger partial charge is 0.407 e. The number of anilines is 3. The summed E-state index contributed by atoms with van der Waals surface area (Å²) in [5.41, 5.74) is 1.45. The van der Waals surface area contributed by atoms with E-state index in [0.717, 1.165) is 67.5 Å². The molecular weight excluding hydrogens is 406 g/mol. The van der Waals surface area contributed by atoms with Crippen LogP contribution in [0.4, 0.5) is 22.2 Å². The molecule has 174 valence electrons. The number of likely N-dealkylation sites (N-methyl/N-ethyl adjacent to an activating group) is 1. The second kappa shape index (κ2) is 8.97. The lowest BCUT2D eigenvalue weighted by molar-refractivity contribution is 0.0509. The van der Waals surface area contributed by atoms with Crippen LogP contribution in [0.15, 0.2) is 18.2 Å². The molecular formula is C23H35N7O2. The summed E-state index contributed by atoms with van der Waals surface area (Å²) in [5.74, 6) is 1.71. The van der Waals surface area contributed by atoms with Crippen LogP contribution in [0.1, 0.15) is 27.2 Å². The Hall–Kier alpha value is -2.81. The molecule has 2 aromatic rings. The van der Waals surface area contributed by atoms with Gasteiger partial charge in [-0.25, -0.2) is 9.78 Å². The highest BCUT2D eigenvalue weighted by Crippen LogP contribution is 2.31. The van der Waals surface area contributed by atoms with E-state index >= 15 is 0 Å². The number of nitrogens with zero attached hydrogens (tertiary/aromatic N) is 5. The van der Waals surface area contributed by atoms with Crippen molar-refractivity contribution in [3.63, 3.8) is 0 Å². The summed E-state index contributed by atoms with van der Waals surface area (Å²) >= 11 is 0. The number of ether oxygens (including phenoxy) is 1. The summed E-state index contributed by atoms with van der Waals surface area (Å²) in [4.78, 5) is 29.0. The zero-order valence-corrected chi connectivity index (χ0v) is 19.8. The Morgan fingerprint density at radius 1 is 1.09 bits per heavy atom. The maximum Gasteiger partial charge on any atom is 0.407 e. The van der Waals surface area contributed by atoms with E-state index in [1.165, 1.54) is 0 Å². The van der Waals surface area contributed by atoms with Gasteiger partial charge in [-0.1, -0.05) is 0 Å². The highest BCUT2D eigenvalue weighted by molar-refractivity contribution is 5.93. The lowest BCUT2D eigenvalue weighted by atomic mass is 10.2. The molecule has 9 heteroatoms. The Balaban J connectivity index is 1.59. The largest absolute Gasteiger partial charge is 0.444 e. The van der Waals surface area contributed by atoms with Gasteiger partial charge >= 0.3 is 6.09 Å². The average molecular weight is 442 g/mol. The van der Waals surface area contributed by atoms with Crippen molar-refractivity contribution in [2.75, 3.05) is 68.5 Å². The first-order valence-corrected chi connectivity index (χ1v) is 11.4. The fourth-order valence-electron chi connectivity index (χ4n) is 4.19. The van der Waals surface area contributed by atoms with E-state index in [9.17, 15) is 4.79 Å². The van der Waals surface area contributed by atoms with E-state index in [2.05, 4.69) is 50.6 Å². The van der Waals surface area contributed by atoms with Crippen LogP contribution in [0.2, 0.25) is 0 Å². The molecule has 3 heterocycles. The van der Waals surface area contributed by atoms with Crippen molar-refractivity contribution in [3.05, 3.63) is 18.2 Å². The quantitative estimate of drug-likeness (QED) is 0.749. The van der Waals surface area contributed by atoms with Crippen LogP contribution in [0.25, 0.3) is 10.9 Å². The molecule has 9 nitrogen and oxygen atoms in total. The Kier molecular flexibility index (Phi) is 6.28. The number of carbonyl (C=O) groups excluding carboxylic acids is 1. The van der Waals surface area contributed by atoms with Crippen LogP contribution in [0.5, 0.6) is 0 Å². The monoisotopic (exact) mass is 441 g/mol. The third kappa shape index (κ3) is 5.15. The van der Waals surface area contributed by atoms with Crippen molar-refractivity contribution in [3.8, 4) is 0 Å². The van der Waals surface area contributed by atoms with Gasteiger partial charge in [0, 0.05) is 57.4 Å². The first-order valence-electron chi connectivity index (χ1n) is 11.4. The molecule has 0 spiro atoms. The lowest BCUT2D eigenvalue weighted by Crippen LogP contribution is -2.45. The van der Waals surface area contributed by atoms with Gasteiger partial charge in [-0.05, 0) is 52.4 Å². The Morgan fingerprint density at radius 3 is 2.53 bits per heavy atom. The predicted octanol–water partition coefficient (Wildman–Crippen LogP) is 2.53. The van der Waals surface area contributed by atoms with Gasteiger partial charge in [-0.3, -0.25) is 0 Å². The molecule has 2 aliphatic rings. The maximum atomic E-state index is 12.2. The Bertz CT molecular complexity index is 967. The highest BCUT2D eigenvalue weighted by atomic mass is 16.6. The molecule has 0 aliphatic carbocycles. The molecule has 1 aromatic heterocycles. The molecule has 0 radical (unpaired) electrons. The van der Waals surface area contributed by atoms with E-state index in [-0.39, 0.29) is 12.1 Å². The molecule has 1 atom stereocenters. The van der Waals surface area contributed by atoms with Crippen LogP contribution in [-0.2, 0) is 4.74 Å². The molecule has 4 rings (SSSR count). The Labute approximate surface area is 190 Å². The van der Waals surface area contributed by atoms with Crippen molar-refractivity contribution in [2.24, 2.45) is 0 Å². The molecule has 2 aliphatic heterocycles. The zero-order valence-electron chi connectivity index (χ0n) is 19.8. The van der Waals surface area contributed by atoms with E-state index in [1.807, 2.05) is 27.8 Å². The van der Waals surface area contributed by atoms with Crippen molar-refractivity contribution in [2.45, 2.75) is 38.8 Å². The van der Waals surface area contributed by atoms with Gasteiger partial charge in [-0.2, -0.15) is 4.98 Å². The second-order valence-corrected chi connectivity index (χ2v) is 9.70. The van der Waals surface area contributed by atoms with Gasteiger partial charge < -0.3 is 30.1 Å². The van der Waals surface area contributed by atoms with Crippen molar-refractivity contribution in [1.29, 1.82) is 0 Å². The molecule has 0 saturated carbocycles. The molecule has 1 aromatic carbocycles. The standard InChI is InChI=1S/C23H35N7O2/c1-23(2,3)32-22(31)25-17-8-9-30(15-17)20-18-7-6-16(24-4)14-19(18)26-21(27-20)29-12-10-28(5)11-13-29/h6-7,14,17,24H,8-13,15H2,1-5H3,(H,25,31)/t17-/m1/s1. The number of aromatic nitrogens is 2. The normalized spacial score (nSPS) is 20.0. The minimum Gasteiger partial charge on any atom is -0.444 e. The highest BCUT2D eigenvalue weighted by Gasteiger charge is 2.29. The molecule has 32 heavy (non-hydrogen) atoms. The van der Waals surface area contributed by atoms with Gasteiger partial charge in [-0.15, -0.1) is 0 Å². The van der Waals surface area contributed by atoms with Gasteiger partial charge in [0.25, 0.3) is 0 Å². The summed E-state index contributed by atoms with van der Waals surface area (Å²) in [6, 6.07) is 6.24. The third-order valence-electron chi connectivity index (χ3n) is 5.95. The summed E-state index contributed by atoms with van der Waals surface area (Å²) in [5, 5.41) is 7.24. The van der Waals surface area contributed by atoms with Crippen molar-refractivity contribution < 1.29 is 9.53 Å². The number of rotatable bonds is 4. The summed E-state index contributed by atoms with van der Waals surface area (Å²) < 4.78 is 5.43. The van der Waals surface area contributed by atoms with Crippen molar-refractivity contribution >= 4 is 34.4 Å². The van der Waals surface area contributed by atoms with Gasteiger partial charge in [0.1, 0.15) is 11.4 Å². The fraction of sp³-hybridized carbons (Fsp3) is 0.609. The first-order chi connectivity index (χ1) is 15.2. The minimum atomic E-state index is -0.506. The number of amides is 1. The van der Waals surface area contributed by atoms with Crippen LogP contribution < -0.4 is 20.4 Å².